The van der Waals surface area contributed by atoms with Gasteiger partial charge in [-0.3, -0.25) is 9.59 Å². The molecule has 1 N–H and O–H groups in total. The molecule has 0 heterocycles. The van der Waals surface area contributed by atoms with Crippen LogP contribution in [0.15, 0.2) is 53.0 Å². The molecule has 1 unspecified atom stereocenters. The molecule has 4 nitrogen and oxygen atoms in total. The molecular weight excluding hydrogens is 471 g/mol. The van der Waals surface area contributed by atoms with E-state index in [1.54, 1.807) is 12.1 Å². The lowest BCUT2D eigenvalue weighted by atomic mass is 9.94. The van der Waals surface area contributed by atoms with Crippen molar-refractivity contribution in [3.05, 3.63) is 69.9 Å². The van der Waals surface area contributed by atoms with Gasteiger partial charge < -0.3 is 10.2 Å². The lowest BCUT2D eigenvalue weighted by molar-refractivity contribution is -0.140. The summed E-state index contributed by atoms with van der Waals surface area (Å²) in [5.74, 6) is -1.18. The largest absolute Gasteiger partial charge is 0.351 e. The molecular formula is C23H25BrClFN2O2. The summed E-state index contributed by atoms with van der Waals surface area (Å²) in [7, 11) is 0. The predicted octanol–water partition coefficient (Wildman–Crippen LogP) is 5.35. The fraction of sp³-hybridized carbons (Fsp3) is 0.391. The van der Waals surface area contributed by atoms with Crippen LogP contribution in [0.5, 0.6) is 0 Å². The van der Waals surface area contributed by atoms with Gasteiger partial charge in [-0.25, -0.2) is 4.39 Å². The zero-order chi connectivity index (χ0) is 21.5. The minimum atomic E-state index is -0.833. The van der Waals surface area contributed by atoms with Crippen LogP contribution in [0.2, 0.25) is 0 Å². The van der Waals surface area contributed by atoms with Gasteiger partial charge in [0.15, 0.2) is 0 Å². The maximum Gasteiger partial charge on any atom is 0.247 e. The molecule has 160 valence electrons. The number of alkyl halides is 1. The Bertz CT molecular complexity index is 872. The van der Waals surface area contributed by atoms with E-state index in [0.717, 1.165) is 35.7 Å². The molecule has 2 aromatic rings. The summed E-state index contributed by atoms with van der Waals surface area (Å²) in [6.07, 6.45) is 5.25. The molecule has 1 atom stereocenters. The molecule has 1 fully saturated rings. The van der Waals surface area contributed by atoms with Crippen molar-refractivity contribution in [2.24, 2.45) is 0 Å². The summed E-state index contributed by atoms with van der Waals surface area (Å²) < 4.78 is 14.1. The van der Waals surface area contributed by atoms with Crippen LogP contribution in [-0.2, 0) is 16.1 Å². The van der Waals surface area contributed by atoms with Gasteiger partial charge in [-0.05, 0) is 48.2 Å². The number of benzene rings is 2. The third-order valence-corrected chi connectivity index (χ3v) is 6.10. The third-order valence-electron chi connectivity index (χ3n) is 5.38. The Balaban J connectivity index is 1.94. The minimum Gasteiger partial charge on any atom is -0.351 e. The second-order valence-corrected chi connectivity index (χ2v) is 8.77. The number of rotatable bonds is 7. The first-order valence-corrected chi connectivity index (χ1v) is 11.5. The fourth-order valence-corrected chi connectivity index (χ4v) is 4.43. The normalized spacial score (nSPS) is 15.4. The van der Waals surface area contributed by atoms with Crippen LogP contribution in [0.3, 0.4) is 0 Å². The Kier molecular flexibility index (Phi) is 8.28. The van der Waals surface area contributed by atoms with E-state index in [-0.39, 0.29) is 36.1 Å². The third kappa shape index (κ3) is 6.05. The Morgan fingerprint density at radius 2 is 1.83 bits per heavy atom. The zero-order valence-corrected chi connectivity index (χ0v) is 19.0. The van der Waals surface area contributed by atoms with Gasteiger partial charge in [-0.1, -0.05) is 59.5 Å². The van der Waals surface area contributed by atoms with Crippen LogP contribution in [0.1, 0.15) is 49.3 Å². The van der Waals surface area contributed by atoms with E-state index in [1.165, 1.54) is 23.5 Å². The fourth-order valence-electron chi connectivity index (χ4n) is 3.86. The second-order valence-electron chi connectivity index (χ2n) is 7.58. The predicted molar refractivity (Wildman–Crippen MR) is 120 cm³/mol. The van der Waals surface area contributed by atoms with Gasteiger partial charge in [0.2, 0.25) is 11.8 Å². The first-order chi connectivity index (χ1) is 14.5. The Hall–Kier alpha value is -1.92. The van der Waals surface area contributed by atoms with Gasteiger partial charge in [0.25, 0.3) is 0 Å². The van der Waals surface area contributed by atoms with E-state index in [0.29, 0.717) is 5.56 Å². The van der Waals surface area contributed by atoms with Crippen molar-refractivity contribution in [2.45, 2.75) is 50.7 Å². The van der Waals surface area contributed by atoms with Crippen LogP contribution >= 0.6 is 27.5 Å². The number of carbonyl (C=O) groups is 2. The maximum absolute atomic E-state index is 13.4. The standard InChI is InChI=1S/C23H25BrClFN2O2/c24-18-6-4-5-17(13-18)22(23(30)27-20-7-2-1-3-8-20)28(21(29)14-25)15-16-9-11-19(26)12-10-16/h4-6,9-13,20,22H,1-3,7-8,14-15H2,(H,27,30). The van der Waals surface area contributed by atoms with Crippen molar-refractivity contribution in [3.8, 4) is 0 Å². The summed E-state index contributed by atoms with van der Waals surface area (Å²) in [6.45, 7) is 0.154. The first kappa shape index (κ1) is 22.8. The molecule has 3 rings (SSSR count). The summed E-state index contributed by atoms with van der Waals surface area (Å²) in [6, 6.07) is 12.6. The van der Waals surface area contributed by atoms with Gasteiger partial charge in [0, 0.05) is 17.1 Å². The highest BCUT2D eigenvalue weighted by atomic mass is 79.9. The van der Waals surface area contributed by atoms with Crippen molar-refractivity contribution in [1.29, 1.82) is 0 Å². The summed E-state index contributed by atoms with van der Waals surface area (Å²) in [5, 5.41) is 3.14. The highest BCUT2D eigenvalue weighted by molar-refractivity contribution is 9.10. The monoisotopic (exact) mass is 494 g/mol. The molecule has 0 radical (unpaired) electrons. The number of hydrogen-bond donors (Lipinski definition) is 1. The van der Waals surface area contributed by atoms with Gasteiger partial charge in [-0.15, -0.1) is 11.6 Å². The van der Waals surface area contributed by atoms with E-state index in [4.69, 9.17) is 11.6 Å². The van der Waals surface area contributed by atoms with Gasteiger partial charge in [0.1, 0.15) is 17.7 Å². The number of nitrogens with zero attached hydrogens (tertiary/aromatic N) is 1. The molecule has 2 amide bonds. The highest BCUT2D eigenvalue weighted by Crippen LogP contribution is 2.28. The second kappa shape index (κ2) is 10.9. The molecule has 30 heavy (non-hydrogen) atoms. The van der Waals surface area contributed by atoms with Crippen LogP contribution in [0.25, 0.3) is 0 Å². The van der Waals surface area contributed by atoms with Crippen molar-refractivity contribution < 1.29 is 14.0 Å². The van der Waals surface area contributed by atoms with Crippen molar-refractivity contribution in [2.75, 3.05) is 5.88 Å². The number of amides is 2. The van der Waals surface area contributed by atoms with Crippen LogP contribution in [-0.4, -0.2) is 28.6 Å². The van der Waals surface area contributed by atoms with Crippen molar-refractivity contribution in [1.82, 2.24) is 10.2 Å². The van der Waals surface area contributed by atoms with E-state index in [2.05, 4.69) is 21.2 Å². The maximum atomic E-state index is 13.4. The molecule has 1 aliphatic rings. The minimum absolute atomic E-state index is 0.111. The van der Waals surface area contributed by atoms with Crippen LogP contribution in [0.4, 0.5) is 4.39 Å². The molecule has 0 aromatic heterocycles. The van der Waals surface area contributed by atoms with Gasteiger partial charge in [0.05, 0.1) is 0 Å². The van der Waals surface area contributed by atoms with Crippen molar-refractivity contribution in [3.63, 3.8) is 0 Å². The van der Waals surface area contributed by atoms with Gasteiger partial charge in [-0.2, -0.15) is 0 Å². The lowest BCUT2D eigenvalue weighted by Gasteiger charge is -2.33. The van der Waals surface area contributed by atoms with E-state index in [9.17, 15) is 14.0 Å². The zero-order valence-electron chi connectivity index (χ0n) is 16.6. The summed E-state index contributed by atoms with van der Waals surface area (Å²) in [5.41, 5.74) is 1.42. The number of carbonyl (C=O) groups excluding carboxylic acids is 2. The van der Waals surface area contributed by atoms with Crippen LogP contribution in [0, 0.1) is 5.82 Å². The number of hydrogen-bond acceptors (Lipinski definition) is 2. The van der Waals surface area contributed by atoms with E-state index in [1.807, 2.05) is 24.3 Å². The van der Waals surface area contributed by atoms with Crippen molar-refractivity contribution >= 4 is 39.3 Å². The Morgan fingerprint density at radius 3 is 2.47 bits per heavy atom. The van der Waals surface area contributed by atoms with Gasteiger partial charge >= 0.3 is 0 Å². The quantitative estimate of drug-likeness (QED) is 0.527. The molecule has 1 saturated carbocycles. The molecule has 7 heteroatoms. The smallest absolute Gasteiger partial charge is 0.247 e. The lowest BCUT2D eigenvalue weighted by Crippen LogP contribution is -2.47. The number of nitrogens with one attached hydrogen (secondary N) is 1. The first-order valence-electron chi connectivity index (χ1n) is 10.1. The SMILES string of the molecule is O=C(NC1CCCCC1)C(c1cccc(Br)c1)N(Cc1ccc(F)cc1)C(=O)CCl. The summed E-state index contributed by atoms with van der Waals surface area (Å²) in [4.78, 5) is 27.7. The molecule has 0 aliphatic heterocycles. The summed E-state index contributed by atoms with van der Waals surface area (Å²) >= 11 is 9.36. The van der Waals surface area contributed by atoms with E-state index < -0.39 is 6.04 Å². The molecule has 0 spiro atoms. The van der Waals surface area contributed by atoms with Crippen LogP contribution < -0.4 is 5.32 Å². The average molecular weight is 496 g/mol. The highest BCUT2D eigenvalue weighted by Gasteiger charge is 2.32. The topological polar surface area (TPSA) is 49.4 Å². The molecule has 0 bridgehead atoms. The Labute approximate surface area is 189 Å². The average Bonchev–Trinajstić information content (AvgIpc) is 2.75. The van der Waals surface area contributed by atoms with E-state index >= 15 is 0 Å². The number of halogens is 3. The molecule has 1 aliphatic carbocycles. The molecule has 0 saturated heterocycles. The Morgan fingerprint density at radius 1 is 1.13 bits per heavy atom. The molecule has 2 aromatic carbocycles.